The third-order valence-electron chi connectivity index (χ3n) is 2.79. The largest absolute Gasteiger partial charge is 0.507 e. The second-order valence-corrected chi connectivity index (χ2v) is 5.06. The van der Waals surface area contributed by atoms with Gasteiger partial charge in [0.2, 0.25) is 0 Å². The van der Waals surface area contributed by atoms with Crippen LogP contribution in [0.1, 0.15) is 21.5 Å². The average Bonchev–Trinajstić information content (AvgIpc) is 2.40. The predicted molar refractivity (Wildman–Crippen MR) is 76.0 cm³/mol. The molecule has 0 aliphatic heterocycles. The van der Waals surface area contributed by atoms with Gasteiger partial charge in [-0.05, 0) is 42.3 Å². The number of phenolic OH excluding ortho intramolecular Hbond substituents is 1. The summed E-state index contributed by atoms with van der Waals surface area (Å²) in [7, 11) is 0. The Balaban J connectivity index is 2.10. The molecule has 1 amide bonds. The Morgan fingerprint density at radius 2 is 2.21 bits per heavy atom. The number of hydrogen-bond acceptors (Lipinski definition) is 3. The molecule has 0 saturated heterocycles. The zero-order valence-corrected chi connectivity index (χ0v) is 11.9. The minimum atomic E-state index is -0.318. The first-order valence-corrected chi connectivity index (χ1v) is 6.53. The molecular weight excluding hydrogens is 308 g/mol. The van der Waals surface area contributed by atoms with Crippen LogP contribution in [0.2, 0.25) is 0 Å². The molecule has 19 heavy (non-hydrogen) atoms. The van der Waals surface area contributed by atoms with E-state index < -0.39 is 0 Å². The lowest BCUT2D eigenvalue weighted by atomic mass is 10.1. The minimum absolute atomic E-state index is 0.0383. The molecule has 1 aromatic heterocycles. The van der Waals surface area contributed by atoms with Crippen molar-refractivity contribution in [3.8, 4) is 5.75 Å². The van der Waals surface area contributed by atoms with E-state index in [1.807, 2.05) is 13.0 Å². The second-order valence-electron chi connectivity index (χ2n) is 4.15. The number of carbonyl (C=O) groups excluding carboxylic acids is 1. The molecule has 0 saturated carbocycles. The van der Waals surface area contributed by atoms with E-state index in [1.54, 1.807) is 24.5 Å². The Kier molecular flexibility index (Phi) is 4.16. The summed E-state index contributed by atoms with van der Waals surface area (Å²) in [6.07, 6.45) is 3.43. The van der Waals surface area contributed by atoms with Crippen LogP contribution in [0.3, 0.4) is 0 Å². The number of nitrogens with zero attached hydrogens (tertiary/aromatic N) is 1. The third-order valence-corrected chi connectivity index (χ3v) is 3.28. The number of hydrogen-bond donors (Lipinski definition) is 2. The van der Waals surface area contributed by atoms with Gasteiger partial charge in [-0.15, -0.1) is 0 Å². The highest BCUT2D eigenvalue weighted by Gasteiger charge is 2.11. The van der Waals surface area contributed by atoms with E-state index in [9.17, 15) is 9.90 Å². The van der Waals surface area contributed by atoms with Crippen molar-refractivity contribution >= 4 is 21.8 Å². The Morgan fingerprint density at radius 3 is 2.95 bits per heavy atom. The molecule has 0 atom stereocenters. The minimum Gasteiger partial charge on any atom is -0.507 e. The summed E-state index contributed by atoms with van der Waals surface area (Å²) in [5.41, 5.74) is 2.26. The monoisotopic (exact) mass is 320 g/mol. The zero-order chi connectivity index (χ0) is 13.8. The number of amides is 1. The summed E-state index contributed by atoms with van der Waals surface area (Å²) in [5.74, 6) is -0.356. The van der Waals surface area contributed by atoms with Crippen LogP contribution in [-0.4, -0.2) is 16.0 Å². The molecule has 0 aliphatic carbocycles. The molecule has 0 spiro atoms. The van der Waals surface area contributed by atoms with Crippen molar-refractivity contribution in [1.29, 1.82) is 0 Å². The van der Waals surface area contributed by atoms with Gasteiger partial charge < -0.3 is 10.4 Å². The van der Waals surface area contributed by atoms with Gasteiger partial charge in [-0.2, -0.15) is 0 Å². The first kappa shape index (κ1) is 13.5. The van der Waals surface area contributed by atoms with Crippen molar-refractivity contribution in [1.82, 2.24) is 10.3 Å². The van der Waals surface area contributed by atoms with Crippen LogP contribution in [0, 0.1) is 6.92 Å². The van der Waals surface area contributed by atoms with Gasteiger partial charge in [0.25, 0.3) is 5.91 Å². The standard InChI is InChI=1S/C14H13BrN2O2/c1-9-4-5-16-7-10(9)8-17-14(19)12-6-11(15)2-3-13(12)18/h2-7,18H,8H2,1H3,(H,17,19). The highest BCUT2D eigenvalue weighted by Crippen LogP contribution is 2.21. The summed E-state index contributed by atoms with van der Waals surface area (Å²) in [5, 5.41) is 12.4. The van der Waals surface area contributed by atoms with Gasteiger partial charge in [0.05, 0.1) is 5.56 Å². The van der Waals surface area contributed by atoms with Crippen LogP contribution in [-0.2, 0) is 6.54 Å². The fraction of sp³-hybridized carbons (Fsp3) is 0.143. The Labute approximate surface area is 119 Å². The fourth-order valence-corrected chi connectivity index (χ4v) is 2.00. The first-order valence-electron chi connectivity index (χ1n) is 5.74. The number of carbonyl (C=O) groups is 1. The van der Waals surface area contributed by atoms with Crippen molar-refractivity contribution in [2.45, 2.75) is 13.5 Å². The van der Waals surface area contributed by atoms with Crippen molar-refractivity contribution in [2.75, 3.05) is 0 Å². The molecule has 5 heteroatoms. The predicted octanol–water partition coefficient (Wildman–Crippen LogP) is 2.79. The first-order chi connectivity index (χ1) is 9.08. The van der Waals surface area contributed by atoms with E-state index in [0.29, 0.717) is 6.54 Å². The molecule has 0 fully saturated rings. The van der Waals surface area contributed by atoms with Crippen molar-refractivity contribution < 1.29 is 9.90 Å². The molecule has 0 radical (unpaired) electrons. The molecule has 0 unspecified atom stereocenters. The molecule has 1 aromatic carbocycles. The number of rotatable bonds is 3. The van der Waals surface area contributed by atoms with Gasteiger partial charge in [-0.25, -0.2) is 0 Å². The molecule has 98 valence electrons. The van der Waals surface area contributed by atoms with Crippen LogP contribution < -0.4 is 5.32 Å². The molecule has 2 N–H and O–H groups in total. The van der Waals surface area contributed by atoms with Gasteiger partial charge in [0.1, 0.15) is 5.75 Å². The number of nitrogens with one attached hydrogen (secondary N) is 1. The number of benzene rings is 1. The fourth-order valence-electron chi connectivity index (χ4n) is 1.64. The maximum atomic E-state index is 12.0. The number of halogens is 1. The lowest BCUT2D eigenvalue weighted by molar-refractivity contribution is 0.0948. The van der Waals surface area contributed by atoms with E-state index in [-0.39, 0.29) is 17.2 Å². The molecule has 1 heterocycles. The molecule has 4 nitrogen and oxygen atoms in total. The van der Waals surface area contributed by atoms with E-state index in [2.05, 4.69) is 26.2 Å². The molecular formula is C14H13BrN2O2. The normalized spacial score (nSPS) is 10.2. The SMILES string of the molecule is Cc1ccncc1CNC(=O)c1cc(Br)ccc1O. The van der Waals surface area contributed by atoms with Gasteiger partial charge in [-0.1, -0.05) is 15.9 Å². The number of pyridine rings is 1. The highest BCUT2D eigenvalue weighted by molar-refractivity contribution is 9.10. The third kappa shape index (κ3) is 3.32. The summed E-state index contributed by atoms with van der Waals surface area (Å²) in [6, 6.07) is 6.63. The van der Waals surface area contributed by atoms with Gasteiger partial charge in [0, 0.05) is 23.4 Å². The second kappa shape index (κ2) is 5.84. The van der Waals surface area contributed by atoms with E-state index in [4.69, 9.17) is 0 Å². The molecule has 2 rings (SSSR count). The Hall–Kier alpha value is -1.88. The number of aryl methyl sites for hydroxylation is 1. The van der Waals surface area contributed by atoms with Gasteiger partial charge in [-0.3, -0.25) is 9.78 Å². The summed E-state index contributed by atoms with van der Waals surface area (Å²) >= 11 is 3.27. The Morgan fingerprint density at radius 1 is 1.42 bits per heavy atom. The van der Waals surface area contributed by atoms with Crippen LogP contribution in [0.25, 0.3) is 0 Å². The van der Waals surface area contributed by atoms with Crippen LogP contribution >= 0.6 is 15.9 Å². The molecule has 0 aliphatic rings. The van der Waals surface area contributed by atoms with E-state index >= 15 is 0 Å². The van der Waals surface area contributed by atoms with Crippen LogP contribution in [0.5, 0.6) is 5.75 Å². The maximum Gasteiger partial charge on any atom is 0.255 e. The quantitative estimate of drug-likeness (QED) is 0.914. The topological polar surface area (TPSA) is 62.2 Å². The number of aromatic hydroxyl groups is 1. The van der Waals surface area contributed by atoms with Crippen molar-refractivity contribution in [3.05, 3.63) is 57.8 Å². The highest BCUT2D eigenvalue weighted by atomic mass is 79.9. The average molecular weight is 321 g/mol. The Bertz CT molecular complexity index is 614. The smallest absolute Gasteiger partial charge is 0.255 e. The van der Waals surface area contributed by atoms with Crippen molar-refractivity contribution in [3.63, 3.8) is 0 Å². The van der Waals surface area contributed by atoms with E-state index in [1.165, 1.54) is 6.07 Å². The zero-order valence-electron chi connectivity index (χ0n) is 10.4. The number of aromatic nitrogens is 1. The van der Waals surface area contributed by atoms with Crippen LogP contribution in [0.4, 0.5) is 0 Å². The van der Waals surface area contributed by atoms with Gasteiger partial charge in [0.15, 0.2) is 0 Å². The van der Waals surface area contributed by atoms with Gasteiger partial charge >= 0.3 is 0 Å². The maximum absolute atomic E-state index is 12.0. The lowest BCUT2D eigenvalue weighted by Gasteiger charge is -2.08. The van der Waals surface area contributed by atoms with E-state index in [0.717, 1.165) is 15.6 Å². The molecule has 0 bridgehead atoms. The molecule has 2 aromatic rings. The summed E-state index contributed by atoms with van der Waals surface area (Å²) in [4.78, 5) is 16.0. The lowest BCUT2D eigenvalue weighted by Crippen LogP contribution is -2.23. The number of phenols is 1. The summed E-state index contributed by atoms with van der Waals surface area (Å²) in [6.45, 7) is 2.34. The van der Waals surface area contributed by atoms with Crippen LogP contribution in [0.15, 0.2) is 41.1 Å². The summed E-state index contributed by atoms with van der Waals surface area (Å²) < 4.78 is 0.744. The van der Waals surface area contributed by atoms with Crippen molar-refractivity contribution in [2.24, 2.45) is 0 Å².